The van der Waals surface area contributed by atoms with Crippen molar-refractivity contribution in [1.29, 1.82) is 0 Å². The summed E-state index contributed by atoms with van der Waals surface area (Å²) in [6.45, 7) is 5.63. The highest BCUT2D eigenvalue weighted by molar-refractivity contribution is 7.92. The molecule has 9 heteroatoms. The first kappa shape index (κ1) is 21.4. The fraction of sp³-hybridized carbons (Fsp3) is 0.333. The highest BCUT2D eigenvalue weighted by Crippen LogP contribution is 2.36. The summed E-state index contributed by atoms with van der Waals surface area (Å²) < 4.78 is 71.8. The van der Waals surface area contributed by atoms with Crippen molar-refractivity contribution in [1.82, 2.24) is 0 Å². The van der Waals surface area contributed by atoms with Crippen LogP contribution < -0.4 is 9.46 Å². The van der Waals surface area contributed by atoms with Gasteiger partial charge in [-0.1, -0.05) is 25.4 Å². The summed E-state index contributed by atoms with van der Waals surface area (Å²) in [5.74, 6) is 0.134. The van der Waals surface area contributed by atoms with Gasteiger partial charge in [-0.15, -0.1) is 0 Å². The molecule has 0 unspecified atom stereocenters. The van der Waals surface area contributed by atoms with Gasteiger partial charge in [-0.25, -0.2) is 8.42 Å². The number of rotatable bonds is 5. The molecule has 2 rings (SSSR count). The van der Waals surface area contributed by atoms with Gasteiger partial charge in [0.15, 0.2) is 0 Å². The van der Waals surface area contributed by atoms with Crippen LogP contribution in [0.4, 0.5) is 18.9 Å². The minimum atomic E-state index is -4.63. The van der Waals surface area contributed by atoms with Gasteiger partial charge >= 0.3 is 6.18 Å². The van der Waals surface area contributed by atoms with E-state index in [1.165, 1.54) is 13.2 Å². The first-order valence-corrected chi connectivity index (χ1v) is 9.81. The number of hydrogen-bond acceptors (Lipinski definition) is 3. The van der Waals surface area contributed by atoms with E-state index < -0.39 is 21.8 Å². The Kier molecular flexibility index (Phi) is 6.01. The van der Waals surface area contributed by atoms with E-state index in [9.17, 15) is 21.6 Å². The Bertz CT molecular complexity index is 957. The van der Waals surface area contributed by atoms with E-state index >= 15 is 0 Å². The summed E-state index contributed by atoms with van der Waals surface area (Å²) in [5, 5.41) is -0.151. The lowest BCUT2D eigenvalue weighted by molar-refractivity contribution is -0.137. The monoisotopic (exact) mass is 421 g/mol. The molecule has 0 atom stereocenters. The number of anilines is 1. The van der Waals surface area contributed by atoms with Crippen LogP contribution in [0.3, 0.4) is 0 Å². The van der Waals surface area contributed by atoms with Crippen LogP contribution in [0.1, 0.15) is 36.5 Å². The van der Waals surface area contributed by atoms with Gasteiger partial charge in [0.05, 0.1) is 23.4 Å². The molecule has 0 aliphatic heterocycles. The van der Waals surface area contributed by atoms with Gasteiger partial charge in [-0.3, -0.25) is 4.72 Å². The Labute approximate surface area is 161 Å². The predicted molar refractivity (Wildman–Crippen MR) is 99.1 cm³/mol. The predicted octanol–water partition coefficient (Wildman–Crippen LogP) is 5.60. The number of sulfonamides is 1. The van der Waals surface area contributed by atoms with Crippen LogP contribution in [0, 0.1) is 6.92 Å². The summed E-state index contributed by atoms with van der Waals surface area (Å²) in [4.78, 5) is -0.173. The molecule has 27 heavy (non-hydrogen) atoms. The fourth-order valence-corrected chi connectivity index (χ4v) is 4.13. The molecule has 1 N–H and O–H groups in total. The topological polar surface area (TPSA) is 55.4 Å². The molecule has 0 fully saturated rings. The molecule has 2 aromatic carbocycles. The Morgan fingerprint density at radius 1 is 1.15 bits per heavy atom. The number of hydrogen-bond donors (Lipinski definition) is 1. The molecule has 0 amide bonds. The van der Waals surface area contributed by atoms with Crippen LogP contribution in [0.25, 0.3) is 0 Å². The van der Waals surface area contributed by atoms with Gasteiger partial charge in [0.25, 0.3) is 10.0 Å². The maximum atomic E-state index is 12.9. The van der Waals surface area contributed by atoms with Crippen LogP contribution in [0.2, 0.25) is 5.02 Å². The van der Waals surface area contributed by atoms with Crippen molar-refractivity contribution in [2.45, 2.75) is 37.8 Å². The molecule has 2 aromatic rings. The summed E-state index contributed by atoms with van der Waals surface area (Å²) in [6, 6.07) is 5.47. The van der Waals surface area contributed by atoms with Crippen molar-refractivity contribution in [3.05, 3.63) is 52.0 Å². The second-order valence-electron chi connectivity index (χ2n) is 6.31. The smallest absolute Gasteiger partial charge is 0.416 e. The summed E-state index contributed by atoms with van der Waals surface area (Å²) in [5.41, 5.74) is 0.257. The molecule has 0 spiro atoms. The van der Waals surface area contributed by atoms with Crippen LogP contribution in [0.5, 0.6) is 5.75 Å². The zero-order valence-electron chi connectivity index (χ0n) is 15.1. The lowest BCUT2D eigenvalue weighted by Crippen LogP contribution is -2.16. The number of benzene rings is 2. The number of halogens is 4. The Hall–Kier alpha value is -1.93. The van der Waals surface area contributed by atoms with Gasteiger partial charge in [0, 0.05) is 0 Å². The van der Waals surface area contributed by atoms with Gasteiger partial charge in [-0.2, -0.15) is 13.2 Å². The summed E-state index contributed by atoms with van der Waals surface area (Å²) in [7, 11) is -2.92. The lowest BCUT2D eigenvalue weighted by Gasteiger charge is -2.18. The van der Waals surface area contributed by atoms with Crippen molar-refractivity contribution in [2.24, 2.45) is 0 Å². The van der Waals surface area contributed by atoms with E-state index in [-0.39, 0.29) is 27.3 Å². The molecule has 0 aliphatic rings. The van der Waals surface area contributed by atoms with Crippen molar-refractivity contribution in [3.63, 3.8) is 0 Å². The molecule has 4 nitrogen and oxygen atoms in total. The van der Waals surface area contributed by atoms with E-state index in [1.807, 2.05) is 20.8 Å². The number of alkyl halides is 3. The van der Waals surface area contributed by atoms with Crippen LogP contribution >= 0.6 is 11.6 Å². The quantitative estimate of drug-likeness (QED) is 0.683. The lowest BCUT2D eigenvalue weighted by atomic mass is 9.98. The normalized spacial score (nSPS) is 12.3. The molecule has 0 saturated heterocycles. The minimum absolute atomic E-state index is 0.0435. The second-order valence-corrected chi connectivity index (χ2v) is 8.37. The maximum absolute atomic E-state index is 12.9. The number of aryl methyl sites for hydroxylation is 1. The van der Waals surface area contributed by atoms with E-state index in [0.29, 0.717) is 6.07 Å². The summed E-state index contributed by atoms with van der Waals surface area (Å²) >= 11 is 5.89. The average Bonchev–Trinajstić information content (AvgIpc) is 2.54. The minimum Gasteiger partial charge on any atom is -0.495 e. The standard InChI is InChI=1S/C18H19ClF3NO3S/c1-10(2)13-9-17(16(26-4)7-11(13)3)27(24,25)23-15-8-12(18(20,21)22)5-6-14(15)19/h5-10,23H,1-4H3. The fourth-order valence-electron chi connectivity index (χ4n) is 2.65. The second kappa shape index (κ2) is 7.59. The SMILES string of the molecule is COc1cc(C)c(C(C)C)cc1S(=O)(=O)Nc1cc(C(F)(F)F)ccc1Cl. The molecule has 0 radical (unpaired) electrons. The molecular weight excluding hydrogens is 403 g/mol. The van der Waals surface area contributed by atoms with Gasteiger partial charge < -0.3 is 4.74 Å². The first-order valence-electron chi connectivity index (χ1n) is 7.95. The highest BCUT2D eigenvalue weighted by Gasteiger charge is 2.32. The summed E-state index contributed by atoms with van der Waals surface area (Å²) in [6.07, 6.45) is -4.63. The third-order valence-electron chi connectivity index (χ3n) is 4.00. The van der Waals surface area contributed by atoms with E-state index in [2.05, 4.69) is 4.72 Å². The Morgan fingerprint density at radius 3 is 2.30 bits per heavy atom. The molecule has 0 bridgehead atoms. The average molecular weight is 422 g/mol. The van der Waals surface area contributed by atoms with Crippen LogP contribution in [0.15, 0.2) is 35.2 Å². The van der Waals surface area contributed by atoms with E-state index in [1.54, 1.807) is 6.07 Å². The molecule has 0 aromatic heterocycles. The zero-order chi connectivity index (χ0) is 20.6. The molecular formula is C18H19ClF3NO3S. The number of nitrogens with one attached hydrogen (secondary N) is 1. The zero-order valence-corrected chi connectivity index (χ0v) is 16.7. The number of ether oxygens (including phenoxy) is 1. The molecule has 0 saturated carbocycles. The van der Waals surface area contributed by atoms with Crippen LogP contribution in [-0.4, -0.2) is 15.5 Å². The highest BCUT2D eigenvalue weighted by atomic mass is 35.5. The number of methoxy groups -OCH3 is 1. The van der Waals surface area contributed by atoms with E-state index in [0.717, 1.165) is 23.3 Å². The van der Waals surface area contributed by atoms with Crippen molar-refractivity contribution in [2.75, 3.05) is 11.8 Å². The third kappa shape index (κ3) is 4.68. The maximum Gasteiger partial charge on any atom is 0.416 e. The Morgan fingerprint density at radius 2 is 1.78 bits per heavy atom. The molecule has 0 aliphatic carbocycles. The molecule has 0 heterocycles. The van der Waals surface area contributed by atoms with Gasteiger partial charge in [0.2, 0.25) is 0 Å². The van der Waals surface area contributed by atoms with Crippen molar-refractivity contribution >= 4 is 27.3 Å². The largest absolute Gasteiger partial charge is 0.495 e. The van der Waals surface area contributed by atoms with Crippen molar-refractivity contribution in [3.8, 4) is 5.75 Å². The first-order chi connectivity index (χ1) is 12.4. The third-order valence-corrected chi connectivity index (χ3v) is 5.72. The Balaban J connectivity index is 2.56. The van der Waals surface area contributed by atoms with Gasteiger partial charge in [0.1, 0.15) is 10.6 Å². The van der Waals surface area contributed by atoms with Crippen LogP contribution in [-0.2, 0) is 16.2 Å². The van der Waals surface area contributed by atoms with Gasteiger partial charge in [-0.05, 0) is 54.3 Å². The molecule has 148 valence electrons. The van der Waals surface area contributed by atoms with E-state index in [4.69, 9.17) is 16.3 Å². The van der Waals surface area contributed by atoms with Crippen molar-refractivity contribution < 1.29 is 26.3 Å².